The molecule has 1 aliphatic carbocycles. The number of rotatable bonds is 4. The summed E-state index contributed by atoms with van der Waals surface area (Å²) in [6.07, 6.45) is 5.39. The molecule has 2 fully saturated rings. The van der Waals surface area contributed by atoms with E-state index < -0.39 is 17.5 Å². The summed E-state index contributed by atoms with van der Waals surface area (Å²) in [6.45, 7) is 0.401. The first kappa shape index (κ1) is 14.5. The number of carboxylic acids is 1. The minimum atomic E-state index is -1.26. The van der Waals surface area contributed by atoms with Gasteiger partial charge in [0, 0.05) is 24.3 Å². The molecule has 1 saturated carbocycles. The number of carbonyl (C=O) groups excluding carboxylic acids is 1. The second-order valence-electron chi connectivity index (χ2n) is 5.16. The van der Waals surface area contributed by atoms with E-state index in [1.165, 1.54) is 0 Å². The number of amides is 2. The maximum absolute atomic E-state index is 11.9. The third kappa shape index (κ3) is 3.33. The van der Waals surface area contributed by atoms with Gasteiger partial charge in [-0.25, -0.2) is 9.59 Å². The van der Waals surface area contributed by atoms with Crippen LogP contribution in [0, 0.1) is 0 Å². The molecule has 108 valence electrons. The van der Waals surface area contributed by atoms with Crippen molar-refractivity contribution in [2.24, 2.45) is 0 Å². The molecule has 1 aliphatic heterocycles. The lowest BCUT2D eigenvalue weighted by Gasteiger charge is -2.25. The van der Waals surface area contributed by atoms with Crippen molar-refractivity contribution in [3.63, 3.8) is 0 Å². The topological polar surface area (TPSA) is 87.7 Å². The largest absolute Gasteiger partial charge is 0.479 e. The normalized spacial score (nSPS) is 34.2. The fourth-order valence-corrected chi connectivity index (χ4v) is 3.41. The van der Waals surface area contributed by atoms with Crippen LogP contribution in [-0.4, -0.2) is 53.4 Å². The smallest absolute Gasteiger partial charge is 0.332 e. The number of hydrogen-bond acceptors (Lipinski definition) is 4. The van der Waals surface area contributed by atoms with Crippen molar-refractivity contribution in [3.8, 4) is 0 Å². The lowest BCUT2D eigenvalue weighted by Crippen LogP contribution is -2.58. The fourth-order valence-electron chi connectivity index (χ4n) is 2.61. The molecule has 0 aromatic heterocycles. The maximum atomic E-state index is 11.9. The van der Waals surface area contributed by atoms with Gasteiger partial charge >= 0.3 is 12.0 Å². The monoisotopic (exact) mass is 288 g/mol. The Kier molecular flexibility index (Phi) is 4.57. The number of carboxylic acid groups (broad SMARTS) is 1. The van der Waals surface area contributed by atoms with Gasteiger partial charge in [0.05, 0.1) is 6.61 Å². The molecule has 1 saturated heterocycles. The van der Waals surface area contributed by atoms with Crippen molar-refractivity contribution in [2.45, 2.75) is 42.5 Å². The van der Waals surface area contributed by atoms with Gasteiger partial charge in [-0.05, 0) is 25.5 Å². The van der Waals surface area contributed by atoms with Gasteiger partial charge in [-0.3, -0.25) is 0 Å². The van der Waals surface area contributed by atoms with E-state index in [1.54, 1.807) is 0 Å². The summed E-state index contributed by atoms with van der Waals surface area (Å²) >= 11 is 1.81. The third-order valence-electron chi connectivity index (χ3n) is 3.84. The molecule has 0 radical (unpaired) electrons. The van der Waals surface area contributed by atoms with Crippen LogP contribution < -0.4 is 10.6 Å². The van der Waals surface area contributed by atoms with Crippen LogP contribution in [-0.2, 0) is 9.53 Å². The van der Waals surface area contributed by atoms with Gasteiger partial charge in [-0.2, -0.15) is 11.8 Å². The van der Waals surface area contributed by atoms with Crippen LogP contribution in [0.25, 0.3) is 0 Å². The molecular weight excluding hydrogens is 268 g/mol. The van der Waals surface area contributed by atoms with Crippen LogP contribution in [0.5, 0.6) is 0 Å². The van der Waals surface area contributed by atoms with Crippen molar-refractivity contribution in [1.29, 1.82) is 0 Å². The summed E-state index contributed by atoms with van der Waals surface area (Å²) in [5.41, 5.74) is -1.26. The van der Waals surface area contributed by atoms with E-state index in [0.29, 0.717) is 18.3 Å². The van der Waals surface area contributed by atoms with Crippen molar-refractivity contribution >= 4 is 23.8 Å². The van der Waals surface area contributed by atoms with Crippen molar-refractivity contribution in [1.82, 2.24) is 10.6 Å². The Labute approximate surface area is 116 Å². The predicted octanol–water partition coefficient (Wildman–Crippen LogP) is 0.813. The molecule has 3 N–H and O–H groups in total. The van der Waals surface area contributed by atoms with Crippen LogP contribution >= 0.6 is 11.8 Å². The second kappa shape index (κ2) is 6.00. The number of urea groups is 1. The van der Waals surface area contributed by atoms with Crippen LogP contribution in [0.4, 0.5) is 4.79 Å². The summed E-state index contributed by atoms with van der Waals surface area (Å²) in [5, 5.41) is 15.3. The minimum absolute atomic E-state index is 0.0356. The minimum Gasteiger partial charge on any atom is -0.479 e. The van der Waals surface area contributed by atoms with Crippen LogP contribution in [0.15, 0.2) is 0 Å². The number of hydrogen-bond donors (Lipinski definition) is 3. The molecule has 0 bridgehead atoms. The van der Waals surface area contributed by atoms with E-state index in [1.807, 2.05) is 11.8 Å². The molecule has 1 heterocycles. The number of ether oxygens (including phenoxy) is 1. The van der Waals surface area contributed by atoms with Gasteiger partial charge in [0.2, 0.25) is 0 Å². The molecule has 6 nitrogen and oxygen atoms in total. The molecular formula is C12H20N2O4S. The molecule has 3 unspecified atom stereocenters. The summed E-state index contributed by atoms with van der Waals surface area (Å²) in [6, 6.07) is -0.259. The first-order valence-electron chi connectivity index (χ1n) is 6.48. The molecule has 19 heavy (non-hydrogen) atoms. The van der Waals surface area contributed by atoms with Crippen molar-refractivity contribution in [3.05, 3.63) is 0 Å². The Morgan fingerprint density at radius 1 is 1.42 bits per heavy atom. The average Bonchev–Trinajstić information content (AvgIpc) is 2.98. The van der Waals surface area contributed by atoms with E-state index in [0.717, 1.165) is 19.3 Å². The highest BCUT2D eigenvalue weighted by Crippen LogP contribution is 2.28. The average molecular weight is 288 g/mol. The Morgan fingerprint density at radius 3 is 2.74 bits per heavy atom. The van der Waals surface area contributed by atoms with Gasteiger partial charge in [-0.15, -0.1) is 0 Å². The van der Waals surface area contributed by atoms with E-state index in [9.17, 15) is 14.7 Å². The lowest BCUT2D eigenvalue weighted by molar-refractivity contribution is -0.144. The zero-order chi connectivity index (χ0) is 13.9. The van der Waals surface area contributed by atoms with Gasteiger partial charge in [-0.1, -0.05) is 0 Å². The highest BCUT2D eigenvalue weighted by Gasteiger charge is 2.44. The molecule has 0 aromatic rings. The zero-order valence-electron chi connectivity index (χ0n) is 11.0. The molecule has 3 atom stereocenters. The predicted molar refractivity (Wildman–Crippen MR) is 72.4 cm³/mol. The molecule has 2 rings (SSSR count). The molecule has 2 amide bonds. The quantitative estimate of drug-likeness (QED) is 0.712. The van der Waals surface area contributed by atoms with Crippen molar-refractivity contribution < 1.29 is 19.4 Å². The van der Waals surface area contributed by atoms with Gasteiger partial charge in [0.1, 0.15) is 0 Å². The first-order valence-corrected chi connectivity index (χ1v) is 7.77. The number of thioether (sulfide) groups is 1. The molecule has 7 heteroatoms. The Morgan fingerprint density at radius 2 is 2.21 bits per heavy atom. The molecule has 0 spiro atoms. The molecule has 2 aliphatic rings. The Hall–Kier alpha value is -0.950. The summed E-state index contributed by atoms with van der Waals surface area (Å²) in [5.74, 6) is -1.03. The highest BCUT2D eigenvalue weighted by atomic mass is 32.2. The first-order chi connectivity index (χ1) is 9.05. The lowest BCUT2D eigenvalue weighted by atomic mass is 9.99. The fraction of sp³-hybridized carbons (Fsp3) is 0.833. The van der Waals surface area contributed by atoms with E-state index >= 15 is 0 Å². The maximum Gasteiger partial charge on any atom is 0.332 e. The Balaban J connectivity index is 1.85. The SMILES string of the molecule is CSC1CCC(NC(=O)NC2(C(=O)O)CCOC2)C1. The number of carbonyl (C=O) groups is 2. The zero-order valence-corrected chi connectivity index (χ0v) is 11.8. The van der Waals surface area contributed by atoms with E-state index in [2.05, 4.69) is 16.9 Å². The van der Waals surface area contributed by atoms with Gasteiger partial charge < -0.3 is 20.5 Å². The Bertz CT molecular complexity index is 358. The van der Waals surface area contributed by atoms with Crippen LogP contribution in [0.1, 0.15) is 25.7 Å². The van der Waals surface area contributed by atoms with Gasteiger partial charge in [0.25, 0.3) is 0 Å². The standard InChI is InChI=1S/C12H20N2O4S/c1-19-9-3-2-8(6-9)13-11(17)14-12(10(15)16)4-5-18-7-12/h8-9H,2-7H2,1H3,(H,15,16)(H2,13,14,17). The summed E-state index contributed by atoms with van der Waals surface area (Å²) in [4.78, 5) is 23.2. The van der Waals surface area contributed by atoms with Gasteiger partial charge in [0.15, 0.2) is 5.54 Å². The number of aliphatic carboxylic acids is 1. The summed E-state index contributed by atoms with van der Waals surface area (Å²) in [7, 11) is 0. The molecule has 0 aromatic carbocycles. The number of nitrogens with one attached hydrogen (secondary N) is 2. The van der Waals surface area contributed by atoms with Crippen LogP contribution in [0.2, 0.25) is 0 Å². The van der Waals surface area contributed by atoms with Crippen LogP contribution in [0.3, 0.4) is 0 Å². The second-order valence-corrected chi connectivity index (χ2v) is 6.29. The summed E-state index contributed by atoms with van der Waals surface area (Å²) < 4.78 is 5.10. The van der Waals surface area contributed by atoms with E-state index in [4.69, 9.17) is 4.74 Å². The van der Waals surface area contributed by atoms with E-state index in [-0.39, 0.29) is 12.6 Å². The highest BCUT2D eigenvalue weighted by molar-refractivity contribution is 7.99. The van der Waals surface area contributed by atoms with Crippen molar-refractivity contribution in [2.75, 3.05) is 19.5 Å². The third-order valence-corrected chi connectivity index (χ3v) is 4.93.